The zero-order valence-corrected chi connectivity index (χ0v) is 15.7. The van der Waals surface area contributed by atoms with Crippen LogP contribution in [0.4, 0.5) is 5.69 Å². The van der Waals surface area contributed by atoms with Crippen molar-refractivity contribution in [3.63, 3.8) is 0 Å². The van der Waals surface area contributed by atoms with E-state index in [0.29, 0.717) is 31.0 Å². The van der Waals surface area contributed by atoms with Crippen LogP contribution in [0.3, 0.4) is 0 Å². The second-order valence-corrected chi connectivity index (χ2v) is 7.41. The predicted octanol–water partition coefficient (Wildman–Crippen LogP) is 3.86. The Labute approximate surface area is 155 Å². The highest BCUT2D eigenvalue weighted by molar-refractivity contribution is 6.07. The molecule has 26 heavy (non-hydrogen) atoms. The van der Waals surface area contributed by atoms with Crippen molar-refractivity contribution >= 4 is 17.5 Å². The average molecular weight is 350 g/mol. The van der Waals surface area contributed by atoms with E-state index < -0.39 is 0 Å². The molecule has 1 heterocycles. The lowest BCUT2D eigenvalue weighted by Crippen LogP contribution is -2.28. The summed E-state index contributed by atoms with van der Waals surface area (Å²) in [5.74, 6) is 0.481. The van der Waals surface area contributed by atoms with Gasteiger partial charge < -0.3 is 10.2 Å². The number of hydrogen-bond acceptors (Lipinski definition) is 2. The second kappa shape index (κ2) is 7.73. The minimum atomic E-state index is 0.0433. The van der Waals surface area contributed by atoms with Gasteiger partial charge in [-0.25, -0.2) is 0 Å². The van der Waals surface area contributed by atoms with Crippen molar-refractivity contribution < 1.29 is 9.59 Å². The van der Waals surface area contributed by atoms with Crippen LogP contribution in [0.15, 0.2) is 42.5 Å². The van der Waals surface area contributed by atoms with E-state index in [4.69, 9.17) is 0 Å². The van der Waals surface area contributed by atoms with Crippen molar-refractivity contribution in [2.75, 3.05) is 11.4 Å². The van der Waals surface area contributed by atoms with Crippen LogP contribution >= 0.6 is 0 Å². The van der Waals surface area contributed by atoms with Crippen LogP contribution < -0.4 is 10.2 Å². The van der Waals surface area contributed by atoms with Crippen molar-refractivity contribution in [3.8, 4) is 0 Å². The normalized spacial score (nSPS) is 13.0. The van der Waals surface area contributed by atoms with Crippen LogP contribution in [0.2, 0.25) is 0 Å². The van der Waals surface area contributed by atoms with E-state index in [0.717, 1.165) is 23.2 Å². The molecule has 2 amide bonds. The summed E-state index contributed by atoms with van der Waals surface area (Å²) in [5, 5.41) is 2.97. The molecule has 0 fully saturated rings. The summed E-state index contributed by atoms with van der Waals surface area (Å²) >= 11 is 0. The topological polar surface area (TPSA) is 49.4 Å². The summed E-state index contributed by atoms with van der Waals surface area (Å²) in [7, 11) is 0. The van der Waals surface area contributed by atoms with E-state index in [1.54, 1.807) is 0 Å². The van der Waals surface area contributed by atoms with Crippen LogP contribution in [-0.2, 0) is 17.8 Å². The summed E-state index contributed by atoms with van der Waals surface area (Å²) in [6.45, 7) is 7.32. The zero-order chi connectivity index (χ0) is 18.7. The molecular weight excluding hydrogens is 324 g/mol. The Balaban J connectivity index is 1.69. The van der Waals surface area contributed by atoms with Crippen LogP contribution in [0.25, 0.3) is 0 Å². The van der Waals surface area contributed by atoms with Crippen molar-refractivity contribution in [3.05, 3.63) is 64.7 Å². The molecule has 0 unspecified atom stereocenters. The van der Waals surface area contributed by atoms with Crippen LogP contribution in [-0.4, -0.2) is 18.4 Å². The minimum absolute atomic E-state index is 0.0433. The van der Waals surface area contributed by atoms with E-state index in [1.165, 1.54) is 5.56 Å². The van der Waals surface area contributed by atoms with Gasteiger partial charge in [0.25, 0.3) is 5.91 Å². The fourth-order valence-corrected chi connectivity index (χ4v) is 3.27. The van der Waals surface area contributed by atoms with Crippen LogP contribution in [0, 0.1) is 12.8 Å². The Kier molecular flexibility index (Phi) is 5.40. The van der Waals surface area contributed by atoms with Crippen molar-refractivity contribution in [1.82, 2.24) is 5.32 Å². The largest absolute Gasteiger partial charge is 0.352 e. The maximum atomic E-state index is 12.8. The lowest BCUT2D eigenvalue weighted by Gasteiger charge is -2.18. The molecule has 0 aliphatic carbocycles. The van der Waals surface area contributed by atoms with Crippen molar-refractivity contribution in [1.29, 1.82) is 0 Å². The molecule has 1 aliphatic heterocycles. The number of rotatable bonds is 5. The highest BCUT2D eigenvalue weighted by atomic mass is 16.2. The van der Waals surface area contributed by atoms with Gasteiger partial charge >= 0.3 is 0 Å². The molecule has 0 spiro atoms. The molecule has 0 atom stereocenters. The van der Waals surface area contributed by atoms with Gasteiger partial charge in [0.05, 0.1) is 0 Å². The van der Waals surface area contributed by atoms with E-state index in [9.17, 15) is 9.59 Å². The van der Waals surface area contributed by atoms with E-state index >= 15 is 0 Å². The highest BCUT2D eigenvalue weighted by Gasteiger charge is 2.25. The summed E-state index contributed by atoms with van der Waals surface area (Å²) in [4.78, 5) is 26.5. The van der Waals surface area contributed by atoms with Gasteiger partial charge in [-0.15, -0.1) is 0 Å². The lowest BCUT2D eigenvalue weighted by atomic mass is 10.1. The van der Waals surface area contributed by atoms with Gasteiger partial charge in [-0.1, -0.05) is 43.7 Å². The average Bonchev–Trinajstić information content (AvgIpc) is 3.02. The molecule has 3 rings (SSSR count). The smallest absolute Gasteiger partial charge is 0.258 e. The summed E-state index contributed by atoms with van der Waals surface area (Å²) in [5.41, 5.74) is 5.08. The quantitative estimate of drug-likeness (QED) is 0.890. The SMILES string of the molecule is Cc1ccc(C(=O)N2CCc3cc(CNC(=O)CC(C)C)ccc32)cc1. The maximum absolute atomic E-state index is 12.8. The molecule has 4 nitrogen and oxygen atoms in total. The monoisotopic (exact) mass is 350 g/mol. The Bertz CT molecular complexity index is 809. The summed E-state index contributed by atoms with van der Waals surface area (Å²) in [6, 6.07) is 13.8. The Morgan fingerprint density at radius 1 is 1.12 bits per heavy atom. The number of anilines is 1. The number of nitrogens with one attached hydrogen (secondary N) is 1. The number of carbonyl (C=O) groups excluding carboxylic acids is 2. The number of amides is 2. The number of aryl methyl sites for hydroxylation is 1. The van der Waals surface area contributed by atoms with E-state index in [-0.39, 0.29) is 11.8 Å². The third-order valence-electron chi connectivity index (χ3n) is 4.67. The molecule has 0 radical (unpaired) electrons. The first kappa shape index (κ1) is 18.2. The van der Waals surface area contributed by atoms with Crippen molar-refractivity contribution in [2.45, 2.75) is 40.2 Å². The van der Waals surface area contributed by atoms with Gasteiger partial charge in [0.1, 0.15) is 0 Å². The number of benzene rings is 2. The fourth-order valence-electron chi connectivity index (χ4n) is 3.27. The van der Waals surface area contributed by atoms with E-state index in [1.807, 2.05) is 62.1 Å². The summed E-state index contributed by atoms with van der Waals surface area (Å²) in [6.07, 6.45) is 1.39. The van der Waals surface area contributed by atoms with Gasteiger partial charge in [0, 0.05) is 30.8 Å². The molecule has 136 valence electrons. The molecule has 0 aromatic heterocycles. The fraction of sp³-hybridized carbons (Fsp3) is 0.364. The standard InChI is InChI=1S/C22H26N2O2/c1-15(2)12-21(25)23-14-17-6-9-20-19(13-17)10-11-24(20)22(26)18-7-4-16(3)5-8-18/h4-9,13,15H,10-12,14H2,1-3H3,(H,23,25). The first-order valence-corrected chi connectivity index (χ1v) is 9.21. The molecule has 0 saturated carbocycles. The zero-order valence-electron chi connectivity index (χ0n) is 15.7. The number of carbonyl (C=O) groups is 2. The number of fused-ring (bicyclic) bond motifs is 1. The third kappa shape index (κ3) is 4.13. The van der Waals surface area contributed by atoms with Crippen molar-refractivity contribution in [2.24, 2.45) is 5.92 Å². The molecule has 2 aromatic rings. The number of hydrogen-bond donors (Lipinski definition) is 1. The van der Waals surface area contributed by atoms with Gasteiger partial charge in [0.2, 0.25) is 5.91 Å². The minimum Gasteiger partial charge on any atom is -0.352 e. The third-order valence-corrected chi connectivity index (χ3v) is 4.67. The first-order valence-electron chi connectivity index (χ1n) is 9.21. The Morgan fingerprint density at radius 3 is 2.54 bits per heavy atom. The Hall–Kier alpha value is -2.62. The van der Waals surface area contributed by atoms with Gasteiger partial charge in [0.15, 0.2) is 0 Å². The van der Waals surface area contributed by atoms with Crippen LogP contribution in [0.5, 0.6) is 0 Å². The van der Waals surface area contributed by atoms with Gasteiger partial charge in [-0.2, -0.15) is 0 Å². The molecule has 4 heteroatoms. The van der Waals surface area contributed by atoms with Gasteiger partial charge in [-0.3, -0.25) is 9.59 Å². The summed E-state index contributed by atoms with van der Waals surface area (Å²) < 4.78 is 0. The maximum Gasteiger partial charge on any atom is 0.258 e. The molecule has 2 aromatic carbocycles. The molecule has 0 saturated heterocycles. The predicted molar refractivity (Wildman–Crippen MR) is 104 cm³/mol. The molecular formula is C22H26N2O2. The molecule has 1 N–H and O–H groups in total. The van der Waals surface area contributed by atoms with Gasteiger partial charge in [-0.05, 0) is 48.6 Å². The highest BCUT2D eigenvalue weighted by Crippen LogP contribution is 2.30. The lowest BCUT2D eigenvalue weighted by molar-refractivity contribution is -0.121. The van der Waals surface area contributed by atoms with Crippen LogP contribution in [0.1, 0.15) is 47.3 Å². The second-order valence-electron chi connectivity index (χ2n) is 7.41. The molecule has 0 bridgehead atoms. The van der Waals surface area contributed by atoms with E-state index in [2.05, 4.69) is 11.4 Å². The molecule has 1 aliphatic rings. The Morgan fingerprint density at radius 2 is 1.85 bits per heavy atom. The number of nitrogens with zero attached hydrogens (tertiary/aromatic N) is 1. The first-order chi connectivity index (χ1) is 12.4.